The highest BCUT2D eigenvalue weighted by molar-refractivity contribution is 6.16. The molecule has 0 aliphatic rings. The summed E-state index contributed by atoms with van der Waals surface area (Å²) in [5.41, 5.74) is 10.4. The van der Waals surface area contributed by atoms with Gasteiger partial charge < -0.3 is 9.32 Å². The number of rotatable bonds is 5. The second-order valence-electron chi connectivity index (χ2n) is 14.0. The summed E-state index contributed by atoms with van der Waals surface area (Å²) >= 11 is 0. The van der Waals surface area contributed by atoms with Crippen LogP contribution in [0.25, 0.3) is 87.4 Å². The summed E-state index contributed by atoms with van der Waals surface area (Å²) in [5, 5.41) is 10.5. The van der Waals surface area contributed by atoms with E-state index in [-0.39, 0.29) is 0 Å². The van der Waals surface area contributed by atoms with Gasteiger partial charge in [0.1, 0.15) is 11.1 Å². The maximum Gasteiger partial charge on any atom is 0.161 e. The SMILES string of the molecule is c1cc(-c2cc3ccccc3c3ccccc23)cc(N(c2ccc(-c3ccc4ccccc4c3)cc2)c2cccc3c2cnc2c4ccccc4oc32)c1. The van der Waals surface area contributed by atoms with Gasteiger partial charge in [0.2, 0.25) is 0 Å². The van der Waals surface area contributed by atoms with Crippen molar-refractivity contribution in [1.29, 1.82) is 0 Å². The first-order valence-corrected chi connectivity index (χ1v) is 18.4. The Morgan fingerprint density at radius 3 is 1.94 bits per heavy atom. The Hall–Kier alpha value is -7.23. The highest BCUT2D eigenvalue weighted by atomic mass is 16.3. The van der Waals surface area contributed by atoms with Crippen molar-refractivity contribution in [3.63, 3.8) is 0 Å². The van der Waals surface area contributed by atoms with E-state index in [2.05, 4.69) is 175 Å². The van der Waals surface area contributed by atoms with Gasteiger partial charge in [-0.1, -0.05) is 133 Å². The molecule has 0 bridgehead atoms. The highest BCUT2D eigenvalue weighted by Crippen LogP contribution is 2.44. The summed E-state index contributed by atoms with van der Waals surface area (Å²) in [5.74, 6) is 0. The molecule has 0 spiro atoms. The van der Waals surface area contributed by atoms with Crippen LogP contribution in [0.1, 0.15) is 0 Å². The number of benzene rings is 9. The Balaban J connectivity index is 1.11. The Morgan fingerprint density at radius 1 is 0.389 bits per heavy atom. The minimum absolute atomic E-state index is 0.804. The molecule has 2 heterocycles. The summed E-state index contributed by atoms with van der Waals surface area (Å²) in [7, 11) is 0. The number of para-hydroxylation sites is 1. The lowest BCUT2D eigenvalue weighted by Crippen LogP contribution is -2.10. The van der Waals surface area contributed by atoms with Crippen LogP contribution in [0.2, 0.25) is 0 Å². The minimum atomic E-state index is 0.804. The van der Waals surface area contributed by atoms with Gasteiger partial charge in [-0.25, -0.2) is 0 Å². The first-order chi connectivity index (χ1) is 26.8. The van der Waals surface area contributed by atoms with Crippen LogP contribution >= 0.6 is 0 Å². The molecule has 0 radical (unpaired) electrons. The number of aromatic nitrogens is 1. The van der Waals surface area contributed by atoms with E-state index in [9.17, 15) is 0 Å². The third-order valence-electron chi connectivity index (χ3n) is 10.9. The molecule has 0 amide bonds. The van der Waals surface area contributed by atoms with Crippen LogP contribution in [0.5, 0.6) is 0 Å². The highest BCUT2D eigenvalue weighted by Gasteiger charge is 2.20. The van der Waals surface area contributed by atoms with Crippen molar-refractivity contribution >= 4 is 82.2 Å². The maximum absolute atomic E-state index is 6.48. The zero-order valence-corrected chi connectivity index (χ0v) is 29.3. The fourth-order valence-electron chi connectivity index (χ4n) is 8.26. The van der Waals surface area contributed by atoms with Crippen molar-refractivity contribution in [3.8, 4) is 22.3 Å². The van der Waals surface area contributed by atoms with Crippen molar-refractivity contribution in [3.05, 3.63) is 194 Å². The fraction of sp³-hybridized carbons (Fsp3) is 0. The molecule has 2 aromatic heterocycles. The van der Waals surface area contributed by atoms with Crippen molar-refractivity contribution in [2.75, 3.05) is 4.90 Å². The molecule has 0 aliphatic heterocycles. The largest absolute Gasteiger partial charge is 0.454 e. The Labute approximate surface area is 312 Å². The predicted octanol–water partition coefficient (Wildman–Crippen LogP) is 14.4. The van der Waals surface area contributed by atoms with Crippen molar-refractivity contribution in [2.45, 2.75) is 0 Å². The van der Waals surface area contributed by atoms with Crippen LogP contribution in [0.15, 0.2) is 199 Å². The van der Waals surface area contributed by atoms with Gasteiger partial charge in [-0.15, -0.1) is 0 Å². The van der Waals surface area contributed by atoms with Gasteiger partial charge in [-0.05, 0) is 109 Å². The quantitative estimate of drug-likeness (QED) is 0.169. The van der Waals surface area contributed by atoms with Crippen molar-refractivity contribution in [1.82, 2.24) is 4.98 Å². The van der Waals surface area contributed by atoms with Crippen LogP contribution in [-0.4, -0.2) is 4.98 Å². The molecule has 0 saturated carbocycles. The first-order valence-electron chi connectivity index (χ1n) is 18.4. The van der Waals surface area contributed by atoms with Gasteiger partial charge in [-0.3, -0.25) is 4.98 Å². The minimum Gasteiger partial charge on any atom is -0.454 e. The van der Waals surface area contributed by atoms with E-state index in [4.69, 9.17) is 9.40 Å². The second kappa shape index (κ2) is 12.2. The van der Waals surface area contributed by atoms with Crippen LogP contribution in [-0.2, 0) is 0 Å². The average Bonchev–Trinajstić information content (AvgIpc) is 3.63. The molecule has 0 aliphatic carbocycles. The molecule has 0 atom stereocenters. The molecular weight excluding hydrogens is 657 g/mol. The molecule has 0 unspecified atom stereocenters. The third kappa shape index (κ3) is 4.87. The number of nitrogens with zero attached hydrogens (tertiary/aromatic N) is 2. The van der Waals surface area contributed by atoms with Gasteiger partial charge in [-0.2, -0.15) is 0 Å². The Kier molecular flexibility index (Phi) is 6.86. The van der Waals surface area contributed by atoms with E-state index >= 15 is 0 Å². The molecule has 11 aromatic rings. The molecular formula is C51H32N2O. The smallest absolute Gasteiger partial charge is 0.161 e. The lowest BCUT2D eigenvalue weighted by Gasteiger charge is -2.27. The molecule has 0 fully saturated rings. The van der Waals surface area contributed by atoms with Crippen LogP contribution < -0.4 is 4.90 Å². The first kappa shape index (κ1) is 30.4. The molecule has 11 rings (SSSR count). The molecule has 0 saturated heterocycles. The third-order valence-corrected chi connectivity index (χ3v) is 10.9. The zero-order valence-electron chi connectivity index (χ0n) is 29.3. The van der Waals surface area contributed by atoms with E-state index in [0.717, 1.165) is 55.5 Å². The van der Waals surface area contributed by atoms with Crippen LogP contribution in [0.4, 0.5) is 17.1 Å². The summed E-state index contributed by atoms with van der Waals surface area (Å²) in [6.45, 7) is 0. The number of furan rings is 1. The molecule has 0 N–H and O–H groups in total. The number of fused-ring (bicyclic) bond motifs is 9. The Morgan fingerprint density at radius 2 is 1.07 bits per heavy atom. The predicted molar refractivity (Wildman–Crippen MR) is 227 cm³/mol. The second-order valence-corrected chi connectivity index (χ2v) is 14.0. The number of anilines is 3. The lowest BCUT2D eigenvalue weighted by atomic mass is 9.93. The standard InChI is InChI=1S/C51H32N2O/c1-2-12-35-29-36(24-23-33(35)11-1)34-25-27-39(28-26-34)53(48-21-10-20-44-47(48)32-52-50-45-19-7-8-22-49(45)54-51(44)50)40-15-9-14-37(30-40)46-31-38-13-3-4-16-41(38)42-17-5-6-18-43(42)46/h1-32H. The van der Waals surface area contributed by atoms with E-state index in [1.54, 1.807) is 0 Å². The van der Waals surface area contributed by atoms with Crippen LogP contribution in [0, 0.1) is 0 Å². The molecule has 252 valence electrons. The van der Waals surface area contributed by atoms with E-state index in [1.165, 1.54) is 49.0 Å². The van der Waals surface area contributed by atoms with E-state index in [1.807, 2.05) is 24.4 Å². The lowest BCUT2D eigenvalue weighted by molar-refractivity contribution is 0.672. The van der Waals surface area contributed by atoms with Crippen molar-refractivity contribution < 1.29 is 4.42 Å². The summed E-state index contributed by atoms with van der Waals surface area (Å²) in [6.07, 6.45) is 2.01. The average molecular weight is 689 g/mol. The maximum atomic E-state index is 6.48. The van der Waals surface area contributed by atoms with Gasteiger partial charge in [0.25, 0.3) is 0 Å². The number of pyridine rings is 1. The van der Waals surface area contributed by atoms with Crippen LogP contribution in [0.3, 0.4) is 0 Å². The fourth-order valence-corrected chi connectivity index (χ4v) is 8.26. The molecule has 54 heavy (non-hydrogen) atoms. The van der Waals surface area contributed by atoms with Gasteiger partial charge in [0.05, 0.1) is 5.69 Å². The monoisotopic (exact) mass is 688 g/mol. The van der Waals surface area contributed by atoms with Gasteiger partial charge >= 0.3 is 0 Å². The molecule has 9 aromatic carbocycles. The molecule has 3 nitrogen and oxygen atoms in total. The van der Waals surface area contributed by atoms with E-state index in [0.29, 0.717) is 0 Å². The topological polar surface area (TPSA) is 29.3 Å². The summed E-state index contributed by atoms with van der Waals surface area (Å²) < 4.78 is 6.48. The van der Waals surface area contributed by atoms with Crippen molar-refractivity contribution in [2.24, 2.45) is 0 Å². The van der Waals surface area contributed by atoms with Gasteiger partial charge in [0.15, 0.2) is 5.58 Å². The number of hydrogen-bond acceptors (Lipinski definition) is 3. The normalized spacial score (nSPS) is 11.7. The summed E-state index contributed by atoms with van der Waals surface area (Å²) in [6, 6.07) is 67.4. The van der Waals surface area contributed by atoms with E-state index < -0.39 is 0 Å². The Bertz CT molecular complexity index is 3230. The molecule has 3 heteroatoms. The number of hydrogen-bond donors (Lipinski definition) is 0. The zero-order chi connectivity index (χ0) is 35.6. The summed E-state index contributed by atoms with van der Waals surface area (Å²) in [4.78, 5) is 7.37. The van der Waals surface area contributed by atoms with Gasteiger partial charge in [0, 0.05) is 33.7 Å².